The first-order chi connectivity index (χ1) is 9.92. The van der Waals surface area contributed by atoms with Crippen molar-refractivity contribution in [3.8, 4) is 0 Å². The summed E-state index contributed by atoms with van der Waals surface area (Å²) in [6, 6.07) is 0. The fourth-order valence-electron chi connectivity index (χ4n) is 2.47. The number of methoxy groups -OCH3 is 1. The van der Waals surface area contributed by atoms with Crippen molar-refractivity contribution in [3.63, 3.8) is 0 Å². The summed E-state index contributed by atoms with van der Waals surface area (Å²) in [6.07, 6.45) is -1.68. The molecular formula is C14H22O7. The lowest BCUT2D eigenvalue weighted by molar-refractivity contribution is -0.220. The van der Waals surface area contributed by atoms with Gasteiger partial charge in [0.15, 0.2) is 12.4 Å². The Morgan fingerprint density at radius 2 is 2.00 bits per heavy atom. The van der Waals surface area contributed by atoms with Gasteiger partial charge in [0.1, 0.15) is 18.3 Å². The maximum absolute atomic E-state index is 11.2. The van der Waals surface area contributed by atoms with E-state index in [4.69, 9.17) is 18.9 Å². The van der Waals surface area contributed by atoms with Crippen LogP contribution in [-0.2, 0) is 33.3 Å². The van der Waals surface area contributed by atoms with E-state index >= 15 is 0 Å². The van der Waals surface area contributed by atoms with Gasteiger partial charge in [0, 0.05) is 27.4 Å². The van der Waals surface area contributed by atoms with Crippen LogP contribution < -0.4 is 0 Å². The molecule has 5 atom stereocenters. The summed E-state index contributed by atoms with van der Waals surface area (Å²) in [5.74, 6) is -1.03. The van der Waals surface area contributed by atoms with E-state index in [0.29, 0.717) is 19.1 Å². The second-order valence-corrected chi connectivity index (χ2v) is 4.92. The van der Waals surface area contributed by atoms with Crippen LogP contribution in [0.25, 0.3) is 0 Å². The van der Waals surface area contributed by atoms with Crippen molar-refractivity contribution in [2.75, 3.05) is 7.11 Å². The third kappa shape index (κ3) is 4.78. The average Bonchev–Trinajstić information content (AvgIpc) is 2.42. The Labute approximate surface area is 123 Å². The molecule has 1 rings (SSSR count). The van der Waals surface area contributed by atoms with Gasteiger partial charge in [-0.15, -0.1) is 0 Å². The molecule has 120 valence electrons. The minimum Gasteiger partial charge on any atom is -0.460 e. The predicted molar refractivity (Wildman–Crippen MR) is 71.5 cm³/mol. The molecule has 1 saturated heterocycles. The van der Waals surface area contributed by atoms with Crippen molar-refractivity contribution in [2.24, 2.45) is 0 Å². The monoisotopic (exact) mass is 302 g/mol. The number of rotatable bonds is 6. The van der Waals surface area contributed by atoms with Crippen LogP contribution in [0.1, 0.15) is 33.6 Å². The number of hydrogen-bond donors (Lipinski definition) is 0. The molecule has 0 saturated carbocycles. The molecule has 1 aliphatic rings. The van der Waals surface area contributed by atoms with E-state index in [2.05, 4.69) is 0 Å². The van der Waals surface area contributed by atoms with E-state index in [9.17, 15) is 14.4 Å². The summed E-state index contributed by atoms with van der Waals surface area (Å²) in [7, 11) is 1.43. The van der Waals surface area contributed by atoms with Crippen molar-refractivity contribution in [2.45, 2.75) is 64.1 Å². The molecule has 0 aromatic rings. The van der Waals surface area contributed by atoms with Crippen molar-refractivity contribution in [1.82, 2.24) is 0 Å². The number of esters is 2. The van der Waals surface area contributed by atoms with Gasteiger partial charge in [0.2, 0.25) is 0 Å². The fraction of sp³-hybridized carbons (Fsp3) is 0.786. The zero-order valence-electron chi connectivity index (χ0n) is 12.7. The van der Waals surface area contributed by atoms with Crippen LogP contribution in [0.15, 0.2) is 0 Å². The molecule has 0 aromatic heterocycles. The minimum atomic E-state index is -1.10. The van der Waals surface area contributed by atoms with E-state index in [1.54, 1.807) is 0 Å². The summed E-state index contributed by atoms with van der Waals surface area (Å²) < 4.78 is 21.3. The Morgan fingerprint density at radius 3 is 2.43 bits per heavy atom. The van der Waals surface area contributed by atoms with E-state index < -0.39 is 36.4 Å². The third-order valence-electron chi connectivity index (χ3n) is 3.34. The Bertz CT molecular complexity index is 382. The van der Waals surface area contributed by atoms with Gasteiger partial charge in [-0.1, -0.05) is 6.92 Å². The van der Waals surface area contributed by atoms with Gasteiger partial charge in [-0.3, -0.25) is 14.4 Å². The molecule has 0 amide bonds. The topological polar surface area (TPSA) is 88.1 Å². The van der Waals surface area contributed by atoms with Crippen molar-refractivity contribution in [1.29, 1.82) is 0 Å². The SMILES string of the molecule is CC[C@@H]1CC(OC(C)=O)C(OC)C(C(C=O)OC(C)=O)O1. The van der Waals surface area contributed by atoms with Gasteiger partial charge in [-0.05, 0) is 6.42 Å². The normalized spacial score (nSPS) is 30.3. The molecule has 1 heterocycles. The number of carbonyl (C=O) groups excluding carboxylic acids is 3. The molecule has 1 fully saturated rings. The summed E-state index contributed by atoms with van der Waals surface area (Å²) in [6.45, 7) is 4.44. The lowest BCUT2D eigenvalue weighted by atomic mass is 9.93. The third-order valence-corrected chi connectivity index (χ3v) is 3.34. The predicted octanol–water partition coefficient (Wildman–Crippen LogP) is 0.631. The maximum Gasteiger partial charge on any atom is 0.303 e. The van der Waals surface area contributed by atoms with Crippen LogP contribution in [0, 0.1) is 0 Å². The fourth-order valence-corrected chi connectivity index (χ4v) is 2.47. The van der Waals surface area contributed by atoms with Crippen molar-refractivity contribution in [3.05, 3.63) is 0 Å². The lowest BCUT2D eigenvalue weighted by Crippen LogP contribution is -2.56. The zero-order chi connectivity index (χ0) is 16.0. The summed E-state index contributed by atoms with van der Waals surface area (Å²) >= 11 is 0. The highest BCUT2D eigenvalue weighted by atomic mass is 16.6. The largest absolute Gasteiger partial charge is 0.460 e. The molecule has 0 aliphatic carbocycles. The number of carbonyl (C=O) groups is 3. The smallest absolute Gasteiger partial charge is 0.303 e. The van der Waals surface area contributed by atoms with E-state index in [1.807, 2.05) is 6.92 Å². The van der Waals surface area contributed by atoms with Crippen LogP contribution in [0.4, 0.5) is 0 Å². The van der Waals surface area contributed by atoms with Crippen molar-refractivity contribution < 1.29 is 33.3 Å². The first kappa shape index (κ1) is 17.6. The molecule has 1 aliphatic heterocycles. The molecule has 21 heavy (non-hydrogen) atoms. The van der Waals surface area contributed by atoms with Gasteiger partial charge < -0.3 is 18.9 Å². The van der Waals surface area contributed by atoms with Crippen LogP contribution in [-0.4, -0.2) is 55.9 Å². The zero-order valence-corrected chi connectivity index (χ0v) is 12.7. The molecule has 0 radical (unpaired) electrons. The summed E-state index contributed by atoms with van der Waals surface area (Å²) in [5.41, 5.74) is 0. The molecule has 0 aromatic carbocycles. The van der Waals surface area contributed by atoms with E-state index in [0.717, 1.165) is 0 Å². The van der Waals surface area contributed by atoms with E-state index in [1.165, 1.54) is 21.0 Å². The first-order valence-corrected chi connectivity index (χ1v) is 6.90. The van der Waals surface area contributed by atoms with Crippen LogP contribution in [0.5, 0.6) is 0 Å². The molecule has 7 heteroatoms. The summed E-state index contributed by atoms with van der Waals surface area (Å²) in [4.78, 5) is 33.5. The van der Waals surface area contributed by atoms with Crippen molar-refractivity contribution >= 4 is 18.2 Å². The number of ether oxygens (including phenoxy) is 4. The molecular weight excluding hydrogens is 280 g/mol. The average molecular weight is 302 g/mol. The molecule has 7 nitrogen and oxygen atoms in total. The Balaban J connectivity index is 2.97. The van der Waals surface area contributed by atoms with Gasteiger partial charge in [-0.25, -0.2) is 0 Å². The highest BCUT2D eigenvalue weighted by Crippen LogP contribution is 2.29. The summed E-state index contributed by atoms with van der Waals surface area (Å²) in [5, 5.41) is 0. The van der Waals surface area contributed by atoms with Gasteiger partial charge in [-0.2, -0.15) is 0 Å². The van der Waals surface area contributed by atoms with Gasteiger partial charge in [0.25, 0.3) is 0 Å². The minimum absolute atomic E-state index is 0.205. The van der Waals surface area contributed by atoms with Gasteiger partial charge in [0.05, 0.1) is 6.10 Å². The van der Waals surface area contributed by atoms with Gasteiger partial charge >= 0.3 is 11.9 Å². The second kappa shape index (κ2) is 8.09. The number of aldehydes is 1. The first-order valence-electron chi connectivity index (χ1n) is 6.90. The highest BCUT2D eigenvalue weighted by Gasteiger charge is 2.45. The van der Waals surface area contributed by atoms with Crippen LogP contribution in [0.2, 0.25) is 0 Å². The number of hydrogen-bond acceptors (Lipinski definition) is 7. The molecule has 4 unspecified atom stereocenters. The standard InChI is InChI=1S/C14H22O7/c1-5-10-6-11(19-8(2)16)13(18-4)14(21-10)12(7-15)20-9(3)17/h7,10-14H,5-6H2,1-4H3/t10-,11?,12?,13?,14?/m1/s1. The molecule has 0 spiro atoms. The lowest BCUT2D eigenvalue weighted by Gasteiger charge is -2.41. The Morgan fingerprint density at radius 1 is 1.33 bits per heavy atom. The second-order valence-electron chi connectivity index (χ2n) is 4.92. The molecule has 0 bridgehead atoms. The maximum atomic E-state index is 11.2. The highest BCUT2D eigenvalue weighted by molar-refractivity contribution is 5.70. The van der Waals surface area contributed by atoms with Crippen LogP contribution >= 0.6 is 0 Å². The molecule has 0 N–H and O–H groups in total. The van der Waals surface area contributed by atoms with E-state index in [-0.39, 0.29) is 6.10 Å². The van der Waals surface area contributed by atoms with Crippen LogP contribution in [0.3, 0.4) is 0 Å². The Kier molecular flexibility index (Phi) is 6.77. The Hall–Kier alpha value is -1.47. The quantitative estimate of drug-likeness (QED) is 0.525.